The molecule has 0 saturated carbocycles. The van der Waals surface area contributed by atoms with Gasteiger partial charge < -0.3 is 4.55 Å². The Bertz CT molecular complexity index is 854. The van der Waals surface area contributed by atoms with Crippen molar-refractivity contribution in [2.45, 2.75) is 4.90 Å². The van der Waals surface area contributed by atoms with Gasteiger partial charge in [0.25, 0.3) is 0 Å². The predicted octanol–water partition coefficient (Wildman–Crippen LogP) is 2.95. The lowest BCUT2D eigenvalue weighted by atomic mass is 10.2. The van der Waals surface area contributed by atoms with Crippen molar-refractivity contribution in [3.63, 3.8) is 0 Å². The van der Waals surface area contributed by atoms with E-state index in [4.69, 9.17) is 0 Å². The average molecular weight is 443 g/mol. The maximum Gasteiger partial charge on any atom is 0.302 e. The Morgan fingerprint density at radius 3 is 2.74 bits per heavy atom. The van der Waals surface area contributed by atoms with Crippen LogP contribution in [0, 0.1) is 9.52 Å². The first-order valence-corrected chi connectivity index (χ1v) is 8.99. The molecule has 0 aromatic carbocycles. The monoisotopic (exact) mass is 443 g/mol. The summed E-state index contributed by atoms with van der Waals surface area (Å²) in [6.45, 7) is 0. The van der Waals surface area contributed by atoms with E-state index in [0.29, 0.717) is 25.5 Å². The van der Waals surface area contributed by atoms with E-state index in [2.05, 4.69) is 15.1 Å². The second-order valence-corrected chi connectivity index (χ2v) is 6.96. The summed E-state index contributed by atoms with van der Waals surface area (Å²) in [7, 11) is 0. The van der Waals surface area contributed by atoms with Gasteiger partial charge in [-0.3, -0.25) is 5.11 Å². The molecule has 9 heteroatoms. The van der Waals surface area contributed by atoms with Crippen molar-refractivity contribution in [3.8, 4) is 23.0 Å². The number of hydrogen-bond donors (Lipinski definition) is 0. The molecule has 117 valence electrons. The van der Waals surface area contributed by atoms with Crippen molar-refractivity contribution < 1.29 is 14.0 Å². The van der Waals surface area contributed by atoms with Crippen LogP contribution in [0.5, 0.6) is 5.88 Å². The molecule has 0 N–H and O–H groups in total. The molecule has 0 fully saturated rings. The Morgan fingerprint density at radius 1 is 1.30 bits per heavy atom. The highest BCUT2D eigenvalue weighted by molar-refractivity contribution is 14.1. The van der Waals surface area contributed by atoms with E-state index >= 15 is 0 Å². The molecular weight excluding hydrogens is 434 g/mol. The van der Waals surface area contributed by atoms with Crippen molar-refractivity contribution in [2.75, 3.05) is 6.26 Å². The quantitative estimate of drug-likeness (QED) is 0.354. The Hall–Kier alpha value is -1.72. The van der Waals surface area contributed by atoms with Crippen LogP contribution in [-0.2, 0) is 16.3 Å². The van der Waals surface area contributed by atoms with Crippen LogP contribution in [0.15, 0.2) is 41.6 Å². The number of pyridine rings is 2. The lowest BCUT2D eigenvalue weighted by molar-refractivity contribution is 0.331. The third kappa shape index (κ3) is 3.03. The van der Waals surface area contributed by atoms with E-state index in [9.17, 15) is 14.0 Å². The smallest absolute Gasteiger partial charge is 0.302 e. The van der Waals surface area contributed by atoms with E-state index in [-0.39, 0.29) is 0 Å². The highest BCUT2D eigenvalue weighted by Gasteiger charge is 2.24. The maximum atomic E-state index is 13.1. The van der Waals surface area contributed by atoms with Crippen LogP contribution in [0.4, 0.5) is 4.39 Å². The van der Waals surface area contributed by atoms with Gasteiger partial charge in [0.1, 0.15) is 9.83 Å². The molecule has 0 aliphatic rings. The van der Waals surface area contributed by atoms with Crippen LogP contribution in [0.2, 0.25) is 0 Å². The summed E-state index contributed by atoms with van der Waals surface area (Å²) in [5, 5.41) is 16.0. The zero-order valence-corrected chi connectivity index (χ0v) is 14.7. The van der Waals surface area contributed by atoms with Crippen molar-refractivity contribution in [2.24, 2.45) is 0 Å². The van der Waals surface area contributed by atoms with Crippen LogP contribution in [0.25, 0.3) is 17.1 Å². The molecule has 1 radical (unpaired) electrons. The first-order valence-electron chi connectivity index (χ1n) is 6.35. The molecule has 3 rings (SSSR count). The Balaban J connectivity index is 2.26. The van der Waals surface area contributed by atoms with Crippen molar-refractivity contribution in [3.05, 3.63) is 46.2 Å². The fourth-order valence-electron chi connectivity index (χ4n) is 2.06. The van der Waals surface area contributed by atoms with E-state index in [1.807, 2.05) is 22.6 Å². The zero-order chi connectivity index (χ0) is 16.6. The third-order valence-electron chi connectivity index (χ3n) is 3.06. The minimum atomic E-state index is -1.31. The van der Waals surface area contributed by atoms with Crippen LogP contribution in [-0.4, -0.2) is 30.6 Å². The summed E-state index contributed by atoms with van der Waals surface area (Å²) < 4.78 is 26.6. The minimum absolute atomic E-state index is 0.299. The Labute approximate surface area is 147 Å². The average Bonchev–Trinajstić information content (AvgIpc) is 2.84. The maximum absolute atomic E-state index is 13.1. The SMILES string of the molecule is C[S+]([O-])c1cccnc1-n1nc([O])c(I)c1-c1ccc(F)nc1. The fourth-order valence-corrected chi connectivity index (χ4v) is 3.38. The van der Waals surface area contributed by atoms with Crippen LogP contribution < -0.4 is 0 Å². The van der Waals surface area contributed by atoms with Gasteiger partial charge in [0.05, 0.1) is 5.69 Å². The molecule has 0 bridgehead atoms. The van der Waals surface area contributed by atoms with Gasteiger partial charge >= 0.3 is 5.88 Å². The fraction of sp³-hybridized carbons (Fsp3) is 0.0714. The highest BCUT2D eigenvalue weighted by atomic mass is 127. The van der Waals surface area contributed by atoms with Crippen LogP contribution >= 0.6 is 22.6 Å². The van der Waals surface area contributed by atoms with Gasteiger partial charge in [0.2, 0.25) is 11.8 Å². The first kappa shape index (κ1) is 16.1. The van der Waals surface area contributed by atoms with E-state index in [1.54, 1.807) is 12.1 Å². The van der Waals surface area contributed by atoms with Crippen molar-refractivity contribution in [1.29, 1.82) is 0 Å². The molecule has 0 amide bonds. The van der Waals surface area contributed by atoms with E-state index in [1.165, 1.54) is 35.5 Å². The zero-order valence-electron chi connectivity index (χ0n) is 11.7. The largest absolute Gasteiger partial charge is 0.612 e. The topological polar surface area (TPSA) is 86.6 Å². The van der Waals surface area contributed by atoms with Crippen molar-refractivity contribution >= 4 is 33.8 Å². The minimum Gasteiger partial charge on any atom is -0.612 e. The van der Waals surface area contributed by atoms with Crippen LogP contribution in [0.3, 0.4) is 0 Å². The van der Waals surface area contributed by atoms with Gasteiger partial charge in [0.15, 0.2) is 4.90 Å². The standard InChI is InChI=1S/C14H9FIN4O2S/c1-23(22)9-3-2-6-17-13(9)20-12(11(16)14(21)19-20)8-4-5-10(15)18-7-8/h2-7H,1H3. The predicted molar refractivity (Wildman–Crippen MR) is 89.7 cm³/mol. The second-order valence-electron chi connectivity index (χ2n) is 4.53. The molecule has 0 aliphatic heterocycles. The molecule has 0 saturated heterocycles. The molecule has 3 aromatic heterocycles. The molecule has 1 unspecified atom stereocenters. The molecule has 3 heterocycles. The number of aromatic nitrogens is 4. The lowest BCUT2D eigenvalue weighted by Crippen LogP contribution is -2.09. The van der Waals surface area contributed by atoms with Crippen molar-refractivity contribution in [1.82, 2.24) is 19.7 Å². The number of rotatable bonds is 3. The summed E-state index contributed by atoms with van der Waals surface area (Å²) in [6, 6.07) is 6.02. The number of nitrogens with zero attached hydrogens (tertiary/aromatic N) is 4. The van der Waals surface area contributed by atoms with Gasteiger partial charge in [0, 0.05) is 18.0 Å². The van der Waals surface area contributed by atoms with Gasteiger partial charge in [-0.25, -0.2) is 14.6 Å². The van der Waals surface area contributed by atoms with E-state index < -0.39 is 23.0 Å². The van der Waals surface area contributed by atoms with E-state index in [0.717, 1.165) is 0 Å². The molecule has 1 atom stereocenters. The Morgan fingerprint density at radius 2 is 2.09 bits per heavy atom. The summed E-state index contributed by atoms with van der Waals surface area (Å²) in [6.07, 6.45) is 4.36. The molecular formula is C14H9FIN4O2S. The molecule has 23 heavy (non-hydrogen) atoms. The second kappa shape index (κ2) is 6.42. The lowest BCUT2D eigenvalue weighted by Gasteiger charge is -2.11. The van der Waals surface area contributed by atoms with Gasteiger partial charge in [-0.1, -0.05) is 0 Å². The Kier molecular flexibility index (Phi) is 4.50. The highest BCUT2D eigenvalue weighted by Crippen LogP contribution is 2.34. The summed E-state index contributed by atoms with van der Waals surface area (Å²) in [5.74, 6) is -0.763. The van der Waals surface area contributed by atoms with Gasteiger partial charge in [-0.05, 0) is 58.0 Å². The molecule has 0 spiro atoms. The summed E-state index contributed by atoms with van der Waals surface area (Å²) >= 11 is 0.563. The molecule has 3 aromatic rings. The number of halogens is 2. The first-order chi connectivity index (χ1) is 11.0. The number of hydrogen-bond acceptors (Lipinski definition) is 4. The normalized spacial score (nSPS) is 12.3. The van der Waals surface area contributed by atoms with Gasteiger partial charge in [-0.15, -0.1) is 5.10 Å². The third-order valence-corrected chi connectivity index (χ3v) is 4.97. The summed E-state index contributed by atoms with van der Waals surface area (Å²) in [4.78, 5) is 8.25. The molecule has 6 nitrogen and oxygen atoms in total. The van der Waals surface area contributed by atoms with Crippen LogP contribution in [0.1, 0.15) is 0 Å². The molecule has 0 aliphatic carbocycles. The summed E-state index contributed by atoms with van der Waals surface area (Å²) in [5.41, 5.74) is 0.956. The van der Waals surface area contributed by atoms with Gasteiger partial charge in [-0.2, -0.15) is 4.39 Å².